The molecule has 0 bridgehead atoms. The van der Waals surface area contributed by atoms with Crippen molar-refractivity contribution in [1.29, 1.82) is 0 Å². The third-order valence-corrected chi connectivity index (χ3v) is 7.35. The molecule has 0 aliphatic heterocycles. The lowest BCUT2D eigenvalue weighted by Gasteiger charge is -2.08. The summed E-state index contributed by atoms with van der Waals surface area (Å²) in [6, 6.07) is 15.4. The van der Waals surface area contributed by atoms with Crippen LogP contribution < -0.4 is 0 Å². The number of para-hydroxylation sites is 1. The van der Waals surface area contributed by atoms with Gasteiger partial charge in [0.15, 0.2) is 17.5 Å². The Morgan fingerprint density at radius 3 is 2.05 bits per heavy atom. The Morgan fingerprint density at radius 2 is 1.18 bits per heavy atom. The Labute approximate surface area is 267 Å². The maximum Gasteiger partial charge on any atom is 0.164 e. The predicted molar refractivity (Wildman–Crippen MR) is 176 cm³/mol. The number of hydrogen-bond donors (Lipinski definition) is 0. The Bertz CT molecular complexity index is 3100. The fourth-order valence-electron chi connectivity index (χ4n) is 5.32. The van der Waals surface area contributed by atoms with Crippen LogP contribution in [-0.2, 0) is 0 Å². The summed E-state index contributed by atoms with van der Waals surface area (Å²) in [5, 5.41) is 1.42. The number of furan rings is 2. The smallest absolute Gasteiger partial charge is 0.164 e. The minimum absolute atomic E-state index is 0.126. The van der Waals surface area contributed by atoms with Crippen LogP contribution in [0.3, 0.4) is 0 Å². The molecule has 0 aliphatic carbocycles. The van der Waals surface area contributed by atoms with Crippen molar-refractivity contribution in [2.45, 2.75) is 0 Å². The molecule has 0 saturated carbocycles. The first-order chi connectivity index (χ1) is 26.4. The highest BCUT2D eigenvalue weighted by Crippen LogP contribution is 2.38. The molecule has 9 rings (SSSR count). The molecule has 0 atom stereocenters. The van der Waals surface area contributed by atoms with E-state index in [1.807, 2.05) is 42.5 Å². The van der Waals surface area contributed by atoms with E-state index < -0.39 is 72.0 Å². The predicted octanol–water partition coefficient (Wildman–Crippen LogP) is 10.3. The van der Waals surface area contributed by atoms with Crippen molar-refractivity contribution < 1.29 is 23.9 Å². The average molecular weight is 577 g/mol. The second-order valence-electron chi connectivity index (χ2n) is 9.99. The van der Waals surface area contributed by atoms with Crippen LogP contribution >= 0.6 is 0 Å². The zero-order valence-corrected chi connectivity index (χ0v) is 22.6. The van der Waals surface area contributed by atoms with Crippen LogP contribution in [0.4, 0.5) is 0 Å². The van der Waals surface area contributed by atoms with Crippen molar-refractivity contribution in [3.05, 3.63) is 139 Å². The first kappa shape index (κ1) is 16.0. The molecule has 5 nitrogen and oxygen atoms in total. The molecule has 6 aromatic carbocycles. The van der Waals surface area contributed by atoms with Crippen LogP contribution in [-0.4, -0.2) is 15.0 Å². The molecule has 44 heavy (non-hydrogen) atoms. The molecule has 5 heteroatoms. The molecule has 0 saturated heterocycles. The first-order valence-electron chi connectivity index (χ1n) is 19.1. The Balaban J connectivity index is 1.34. The van der Waals surface area contributed by atoms with E-state index in [0.29, 0.717) is 22.3 Å². The average Bonchev–Trinajstić information content (AvgIpc) is 3.78. The second kappa shape index (κ2) is 9.75. The standard InChI is InChI=1S/C39H23N3O2/c1-3-10-24(11-4-1)28-15-9-17-33-36(28)31-21-19-27(23-35(31)44-33)39-41-37(25-12-5-2-6-13-25)40-38(42-39)26-18-20-30-29-14-7-8-16-32(29)43-34(30)22-26/h1-23H/i1D,3D,4D,9D,10D,11D,15D,17D,19D,21D,23D. The van der Waals surface area contributed by atoms with E-state index in [9.17, 15) is 4.11 Å². The van der Waals surface area contributed by atoms with Crippen LogP contribution in [0.2, 0.25) is 0 Å². The summed E-state index contributed by atoms with van der Waals surface area (Å²) in [5.74, 6) is 0.282. The van der Waals surface area contributed by atoms with E-state index in [0.717, 1.165) is 10.8 Å². The molecule has 206 valence electrons. The molecule has 0 unspecified atom stereocenters. The number of aromatic nitrogens is 3. The van der Waals surface area contributed by atoms with E-state index in [-0.39, 0.29) is 50.5 Å². The van der Waals surface area contributed by atoms with E-state index in [1.54, 1.807) is 30.3 Å². The van der Waals surface area contributed by atoms with Crippen LogP contribution in [0, 0.1) is 0 Å². The minimum atomic E-state index is -0.687. The molecule has 0 aliphatic rings. The maximum atomic E-state index is 9.37. The monoisotopic (exact) mass is 576 g/mol. The van der Waals surface area contributed by atoms with Gasteiger partial charge in [0, 0.05) is 38.2 Å². The van der Waals surface area contributed by atoms with Gasteiger partial charge in [0.25, 0.3) is 0 Å². The SMILES string of the molecule is [2H]c1c([2H])c([2H])c(-c2c([2H])c([2H])c([2H])c3oc4c([2H])c(-c5nc(-c6ccccc6)nc(-c6ccc7c(c6)oc6ccccc67)n5)c([2H])c([2H])c4c23)c([2H])c1[2H]. The molecule has 0 fully saturated rings. The van der Waals surface area contributed by atoms with Crippen molar-refractivity contribution in [3.8, 4) is 45.3 Å². The fourth-order valence-corrected chi connectivity index (χ4v) is 5.32. The summed E-state index contributed by atoms with van der Waals surface area (Å²) in [7, 11) is 0. The van der Waals surface area contributed by atoms with Gasteiger partial charge in [-0.1, -0.05) is 103 Å². The topological polar surface area (TPSA) is 65.0 Å². The van der Waals surface area contributed by atoms with E-state index in [2.05, 4.69) is 4.98 Å². The normalized spacial score (nSPS) is 15.1. The van der Waals surface area contributed by atoms with Crippen molar-refractivity contribution in [3.63, 3.8) is 0 Å². The van der Waals surface area contributed by atoms with E-state index in [4.69, 9.17) is 29.8 Å². The zero-order valence-electron chi connectivity index (χ0n) is 33.6. The largest absolute Gasteiger partial charge is 0.456 e. The van der Waals surface area contributed by atoms with E-state index in [1.165, 1.54) is 0 Å². The second-order valence-corrected chi connectivity index (χ2v) is 9.99. The third kappa shape index (κ3) is 3.98. The van der Waals surface area contributed by atoms with Crippen LogP contribution in [0.1, 0.15) is 15.1 Å². The van der Waals surface area contributed by atoms with Crippen molar-refractivity contribution in [2.75, 3.05) is 0 Å². The van der Waals surface area contributed by atoms with E-state index >= 15 is 0 Å². The van der Waals surface area contributed by atoms with Crippen LogP contribution in [0.5, 0.6) is 0 Å². The van der Waals surface area contributed by atoms with Gasteiger partial charge in [-0.25, -0.2) is 15.0 Å². The lowest BCUT2D eigenvalue weighted by atomic mass is 9.99. The van der Waals surface area contributed by atoms with Crippen molar-refractivity contribution in [2.24, 2.45) is 0 Å². The van der Waals surface area contributed by atoms with Gasteiger partial charge in [-0.15, -0.1) is 0 Å². The number of rotatable bonds is 4. The third-order valence-electron chi connectivity index (χ3n) is 7.35. The quantitative estimate of drug-likeness (QED) is 0.209. The van der Waals surface area contributed by atoms with Gasteiger partial charge >= 0.3 is 0 Å². The molecule has 9 aromatic rings. The summed E-state index contributed by atoms with van der Waals surface area (Å²) in [4.78, 5) is 14.1. The lowest BCUT2D eigenvalue weighted by Crippen LogP contribution is -2.00. The van der Waals surface area contributed by atoms with Gasteiger partial charge in [0.05, 0.1) is 15.1 Å². The number of hydrogen-bond acceptors (Lipinski definition) is 5. The molecular weight excluding hydrogens is 542 g/mol. The number of benzene rings is 6. The zero-order chi connectivity index (χ0) is 38.6. The molecule has 0 N–H and O–H groups in total. The molecule has 0 spiro atoms. The lowest BCUT2D eigenvalue weighted by molar-refractivity contribution is 0.668. The molecule has 3 aromatic heterocycles. The number of nitrogens with zero attached hydrogens (tertiary/aromatic N) is 3. The van der Waals surface area contributed by atoms with Gasteiger partial charge in [0.2, 0.25) is 0 Å². The highest BCUT2D eigenvalue weighted by atomic mass is 16.3. The Kier molecular flexibility index (Phi) is 3.54. The summed E-state index contributed by atoms with van der Waals surface area (Å²) in [6.45, 7) is 0. The highest BCUT2D eigenvalue weighted by molar-refractivity contribution is 6.13. The summed E-state index contributed by atoms with van der Waals surface area (Å²) < 4.78 is 108. The molecular formula is C39H23N3O2. The molecule has 0 amide bonds. The first-order valence-corrected chi connectivity index (χ1v) is 13.6. The van der Waals surface area contributed by atoms with Gasteiger partial charge in [-0.3, -0.25) is 0 Å². The van der Waals surface area contributed by atoms with Gasteiger partial charge in [0.1, 0.15) is 22.3 Å². The number of fused-ring (bicyclic) bond motifs is 6. The van der Waals surface area contributed by atoms with Gasteiger partial charge in [-0.2, -0.15) is 0 Å². The summed E-state index contributed by atoms with van der Waals surface area (Å²) in [5.41, 5.74) is 0.823. The van der Waals surface area contributed by atoms with Gasteiger partial charge in [-0.05, 0) is 47.5 Å². The highest BCUT2D eigenvalue weighted by Gasteiger charge is 2.17. The molecule has 0 radical (unpaired) electrons. The molecule has 3 heterocycles. The summed E-state index contributed by atoms with van der Waals surface area (Å²) in [6.07, 6.45) is 0. The maximum absolute atomic E-state index is 9.37. The summed E-state index contributed by atoms with van der Waals surface area (Å²) >= 11 is 0. The van der Waals surface area contributed by atoms with Gasteiger partial charge < -0.3 is 8.83 Å². The van der Waals surface area contributed by atoms with Crippen molar-refractivity contribution in [1.82, 2.24) is 15.0 Å². The Morgan fingerprint density at radius 1 is 0.455 bits per heavy atom. The van der Waals surface area contributed by atoms with Crippen LogP contribution in [0.25, 0.3) is 89.2 Å². The van der Waals surface area contributed by atoms with Crippen LogP contribution in [0.15, 0.2) is 148 Å². The minimum Gasteiger partial charge on any atom is -0.456 e. The fraction of sp³-hybridized carbons (Fsp3) is 0. The van der Waals surface area contributed by atoms with Crippen molar-refractivity contribution >= 4 is 43.9 Å². The Hall–Kier alpha value is -6.07.